The van der Waals surface area contributed by atoms with E-state index < -0.39 is 11.6 Å². The lowest BCUT2D eigenvalue weighted by Gasteiger charge is -2.34. The van der Waals surface area contributed by atoms with Crippen LogP contribution in [-0.2, 0) is 0 Å². The molecule has 33 heavy (non-hydrogen) atoms. The fourth-order valence-corrected chi connectivity index (χ4v) is 3.76. The van der Waals surface area contributed by atoms with E-state index >= 15 is 0 Å². The Morgan fingerprint density at radius 3 is 2.48 bits per heavy atom. The van der Waals surface area contributed by atoms with Gasteiger partial charge in [-0.1, -0.05) is 18.2 Å². The molecule has 2 N–H and O–H groups in total. The van der Waals surface area contributed by atoms with Crippen molar-refractivity contribution in [2.75, 3.05) is 43.9 Å². The molecule has 0 aliphatic carbocycles. The quantitative estimate of drug-likeness (QED) is 0.507. The molecule has 0 atom stereocenters. The summed E-state index contributed by atoms with van der Waals surface area (Å²) in [6.07, 6.45) is 1.56. The Morgan fingerprint density at radius 2 is 1.73 bits per heavy atom. The van der Waals surface area contributed by atoms with Gasteiger partial charge in [0.15, 0.2) is 23.1 Å². The van der Waals surface area contributed by atoms with Gasteiger partial charge in [0.25, 0.3) is 0 Å². The summed E-state index contributed by atoms with van der Waals surface area (Å²) in [7, 11) is 2.12. The predicted molar refractivity (Wildman–Crippen MR) is 120 cm³/mol. The van der Waals surface area contributed by atoms with Gasteiger partial charge < -0.3 is 15.5 Å². The van der Waals surface area contributed by atoms with Crippen molar-refractivity contribution >= 4 is 11.5 Å². The minimum atomic E-state index is -1.08. The minimum absolute atomic E-state index is 0.0559. The first kappa shape index (κ1) is 20.9. The molecule has 9 nitrogen and oxygen atoms in total. The molecule has 1 aliphatic heterocycles. The Kier molecular flexibility index (Phi) is 5.38. The number of hydrogen-bond donors (Lipinski definition) is 1. The van der Waals surface area contributed by atoms with Crippen molar-refractivity contribution in [3.8, 4) is 28.5 Å². The molecule has 1 aliphatic rings. The summed E-state index contributed by atoms with van der Waals surface area (Å²) < 4.78 is 29.1. The van der Waals surface area contributed by atoms with Crippen molar-refractivity contribution in [1.82, 2.24) is 35.1 Å². The molecule has 5 rings (SSSR count). The lowest BCUT2D eigenvalue weighted by atomic mass is 10.1. The Labute approximate surface area is 188 Å². The summed E-state index contributed by atoms with van der Waals surface area (Å²) in [5, 5.41) is 11.3. The minimum Gasteiger partial charge on any atom is -0.382 e. The first-order valence-corrected chi connectivity index (χ1v) is 10.4. The van der Waals surface area contributed by atoms with Gasteiger partial charge in [0.2, 0.25) is 5.82 Å². The molecule has 1 fully saturated rings. The number of hydrogen-bond acceptors (Lipinski definition) is 8. The molecule has 2 aromatic heterocycles. The summed E-state index contributed by atoms with van der Waals surface area (Å²) in [5.41, 5.74) is 8.59. The lowest BCUT2D eigenvalue weighted by molar-refractivity contribution is 0.313. The van der Waals surface area contributed by atoms with E-state index in [1.165, 1.54) is 12.1 Å². The highest BCUT2D eigenvalue weighted by Gasteiger charge is 2.21. The van der Waals surface area contributed by atoms with Crippen LogP contribution < -0.4 is 10.6 Å². The largest absolute Gasteiger partial charge is 0.382 e. The Balaban J connectivity index is 1.48. The number of aromatic nitrogens is 6. The topological polar surface area (TPSA) is 102 Å². The second kappa shape index (κ2) is 8.51. The van der Waals surface area contributed by atoms with Gasteiger partial charge in [-0.25, -0.2) is 18.7 Å². The summed E-state index contributed by atoms with van der Waals surface area (Å²) in [6, 6.07) is 11.8. The highest BCUT2D eigenvalue weighted by atomic mass is 19.2. The molecule has 0 amide bonds. The standard InChI is InChI=1S/C22H21F2N9/c1-31-9-11-32(12-10-31)15-7-5-14(6-8-15)17-13-26-21(25)20(27-17)22-28-29-30-33(22)18-4-2-3-16(23)19(18)24/h2-8,13H,9-12H2,1H3,(H2,25,26). The number of likely N-dealkylation sites (N-methyl/N-ethyl adjacent to an activating group) is 1. The van der Waals surface area contributed by atoms with Crippen LogP contribution in [0.3, 0.4) is 0 Å². The fraction of sp³-hybridized carbons (Fsp3) is 0.227. The SMILES string of the molecule is CN1CCN(c2ccc(-c3cnc(N)c(-c4nnnn4-c4cccc(F)c4F)n3)cc2)CC1. The first-order valence-electron chi connectivity index (χ1n) is 10.4. The third-order valence-electron chi connectivity index (χ3n) is 5.67. The number of nitrogen functional groups attached to an aromatic ring is 1. The molecule has 4 aromatic rings. The van der Waals surface area contributed by atoms with Crippen LogP contribution >= 0.6 is 0 Å². The average Bonchev–Trinajstić information content (AvgIpc) is 3.31. The van der Waals surface area contributed by atoms with E-state index in [0.29, 0.717) is 5.69 Å². The van der Waals surface area contributed by atoms with E-state index in [9.17, 15) is 8.78 Å². The third kappa shape index (κ3) is 3.98. The van der Waals surface area contributed by atoms with Crippen LogP contribution in [0.4, 0.5) is 20.3 Å². The van der Waals surface area contributed by atoms with E-state index in [4.69, 9.17) is 5.73 Å². The molecular formula is C22H21F2N9. The van der Waals surface area contributed by atoms with Gasteiger partial charge in [-0.2, -0.15) is 4.68 Å². The molecule has 2 aromatic carbocycles. The molecule has 3 heterocycles. The zero-order valence-electron chi connectivity index (χ0n) is 17.9. The summed E-state index contributed by atoms with van der Waals surface area (Å²) >= 11 is 0. The van der Waals surface area contributed by atoms with E-state index in [2.05, 4.69) is 42.3 Å². The predicted octanol–water partition coefficient (Wildman–Crippen LogP) is 2.40. The molecule has 1 saturated heterocycles. The third-order valence-corrected chi connectivity index (χ3v) is 5.67. The number of piperazine rings is 1. The van der Waals surface area contributed by atoms with Gasteiger partial charge in [0.1, 0.15) is 5.69 Å². The Bertz CT molecular complexity index is 1280. The molecule has 0 bridgehead atoms. The maximum Gasteiger partial charge on any atom is 0.209 e. The van der Waals surface area contributed by atoms with Crippen LogP contribution in [-0.4, -0.2) is 68.3 Å². The molecule has 0 radical (unpaired) electrons. The molecule has 11 heteroatoms. The smallest absolute Gasteiger partial charge is 0.209 e. The number of anilines is 2. The van der Waals surface area contributed by atoms with Crippen molar-refractivity contribution in [1.29, 1.82) is 0 Å². The summed E-state index contributed by atoms with van der Waals surface area (Å²) in [6.45, 7) is 3.99. The molecule has 168 valence electrons. The van der Waals surface area contributed by atoms with Crippen LogP contribution in [0.25, 0.3) is 28.5 Å². The number of halogens is 2. The van der Waals surface area contributed by atoms with E-state index in [1.807, 2.05) is 24.3 Å². The van der Waals surface area contributed by atoms with Crippen LogP contribution in [0, 0.1) is 11.6 Å². The highest BCUT2D eigenvalue weighted by Crippen LogP contribution is 2.28. The number of rotatable bonds is 4. The van der Waals surface area contributed by atoms with Gasteiger partial charge in [0.05, 0.1) is 11.9 Å². The van der Waals surface area contributed by atoms with E-state index in [-0.39, 0.29) is 23.0 Å². The van der Waals surface area contributed by atoms with Crippen molar-refractivity contribution in [3.63, 3.8) is 0 Å². The van der Waals surface area contributed by atoms with E-state index in [0.717, 1.165) is 48.2 Å². The second-order valence-corrected chi connectivity index (χ2v) is 7.81. The molecule has 0 spiro atoms. The van der Waals surface area contributed by atoms with Crippen molar-refractivity contribution < 1.29 is 8.78 Å². The molecule has 0 saturated carbocycles. The first-order chi connectivity index (χ1) is 16.0. The maximum atomic E-state index is 14.4. The van der Waals surface area contributed by atoms with Crippen LogP contribution in [0.5, 0.6) is 0 Å². The van der Waals surface area contributed by atoms with Crippen molar-refractivity contribution in [2.45, 2.75) is 0 Å². The monoisotopic (exact) mass is 449 g/mol. The Hall–Kier alpha value is -3.99. The second-order valence-electron chi connectivity index (χ2n) is 7.81. The molecular weight excluding hydrogens is 428 g/mol. The molecule has 0 unspecified atom stereocenters. The number of nitrogens with two attached hydrogens (primary N) is 1. The van der Waals surface area contributed by atoms with E-state index in [1.54, 1.807) is 6.20 Å². The zero-order chi connectivity index (χ0) is 22.9. The highest BCUT2D eigenvalue weighted by molar-refractivity contribution is 5.70. The van der Waals surface area contributed by atoms with Crippen LogP contribution in [0.15, 0.2) is 48.7 Å². The maximum absolute atomic E-state index is 14.4. The van der Waals surface area contributed by atoms with Crippen molar-refractivity contribution in [2.24, 2.45) is 0 Å². The van der Waals surface area contributed by atoms with Crippen LogP contribution in [0.2, 0.25) is 0 Å². The van der Waals surface area contributed by atoms with Crippen LogP contribution in [0.1, 0.15) is 0 Å². The summed E-state index contributed by atoms with van der Waals surface area (Å²) in [5.74, 6) is -1.96. The summed E-state index contributed by atoms with van der Waals surface area (Å²) in [4.78, 5) is 13.5. The average molecular weight is 449 g/mol. The zero-order valence-corrected chi connectivity index (χ0v) is 17.9. The number of nitrogens with zero attached hydrogens (tertiary/aromatic N) is 8. The fourth-order valence-electron chi connectivity index (χ4n) is 3.76. The normalized spacial score (nSPS) is 14.6. The number of benzene rings is 2. The van der Waals surface area contributed by atoms with Gasteiger partial charge >= 0.3 is 0 Å². The lowest BCUT2D eigenvalue weighted by Crippen LogP contribution is -2.44. The number of tetrazole rings is 1. The Morgan fingerprint density at radius 1 is 0.970 bits per heavy atom. The van der Waals surface area contributed by atoms with Crippen molar-refractivity contribution in [3.05, 3.63) is 60.3 Å². The van der Waals surface area contributed by atoms with Gasteiger partial charge in [-0.3, -0.25) is 0 Å². The van der Waals surface area contributed by atoms with Gasteiger partial charge in [-0.05, 0) is 41.7 Å². The van der Waals surface area contributed by atoms with Gasteiger partial charge in [0, 0.05) is 37.4 Å². The van der Waals surface area contributed by atoms with Gasteiger partial charge in [-0.15, -0.1) is 5.10 Å².